The Morgan fingerprint density at radius 3 is 2.94 bits per heavy atom. The highest BCUT2D eigenvalue weighted by Crippen LogP contribution is 2.24. The third-order valence-corrected chi connectivity index (χ3v) is 3.37. The van der Waals surface area contributed by atoms with Crippen LogP contribution in [0, 0.1) is 0 Å². The van der Waals surface area contributed by atoms with Crippen LogP contribution in [0.25, 0.3) is 0 Å². The molecule has 8 nitrogen and oxygen atoms in total. The lowest BCUT2D eigenvalue weighted by Crippen LogP contribution is -2.24. The van der Waals surface area contributed by atoms with E-state index in [1.165, 1.54) is 11.3 Å². The highest BCUT2D eigenvalue weighted by Gasteiger charge is 2.16. The second-order valence-corrected chi connectivity index (χ2v) is 4.52. The predicted octanol–water partition coefficient (Wildman–Crippen LogP) is -0.175. The largest absolute Gasteiger partial charge is 0.382 e. The standard InChI is InChI=1S/C9H13N7OS/c1-11-9-14-7(10)6(18-9)8(17)12-3-5-15-13-4-16(5)2/h4H,3,10H2,1-2H3,(H,11,14)(H,12,17). The Hall–Kier alpha value is -2.16. The number of aromatic nitrogens is 4. The quantitative estimate of drug-likeness (QED) is 0.709. The van der Waals surface area contributed by atoms with Crippen molar-refractivity contribution < 1.29 is 4.79 Å². The number of aryl methyl sites for hydroxylation is 1. The first-order valence-electron chi connectivity index (χ1n) is 5.17. The number of anilines is 2. The lowest BCUT2D eigenvalue weighted by Gasteiger charge is -2.02. The van der Waals surface area contributed by atoms with E-state index >= 15 is 0 Å². The molecule has 2 rings (SSSR count). The summed E-state index contributed by atoms with van der Waals surface area (Å²) in [6, 6.07) is 0. The van der Waals surface area contributed by atoms with E-state index in [4.69, 9.17) is 5.73 Å². The summed E-state index contributed by atoms with van der Waals surface area (Å²) < 4.78 is 1.73. The lowest BCUT2D eigenvalue weighted by atomic mass is 10.4. The van der Waals surface area contributed by atoms with Crippen molar-refractivity contribution in [1.29, 1.82) is 0 Å². The molecule has 0 aliphatic carbocycles. The van der Waals surface area contributed by atoms with Crippen molar-refractivity contribution in [3.05, 3.63) is 17.0 Å². The van der Waals surface area contributed by atoms with Gasteiger partial charge >= 0.3 is 0 Å². The van der Waals surface area contributed by atoms with Gasteiger partial charge in [-0.25, -0.2) is 4.98 Å². The molecule has 0 saturated heterocycles. The maximum atomic E-state index is 11.9. The topological polar surface area (TPSA) is 111 Å². The summed E-state index contributed by atoms with van der Waals surface area (Å²) in [5, 5.41) is 13.8. The van der Waals surface area contributed by atoms with Crippen LogP contribution in [0.1, 0.15) is 15.5 Å². The van der Waals surface area contributed by atoms with E-state index < -0.39 is 0 Å². The van der Waals surface area contributed by atoms with Gasteiger partial charge in [0.25, 0.3) is 5.91 Å². The average Bonchev–Trinajstić information content (AvgIpc) is 2.92. The molecule has 1 amide bonds. The van der Waals surface area contributed by atoms with Gasteiger partial charge in [0, 0.05) is 14.1 Å². The van der Waals surface area contributed by atoms with Gasteiger partial charge in [0.2, 0.25) is 0 Å². The van der Waals surface area contributed by atoms with Crippen LogP contribution >= 0.6 is 11.3 Å². The molecule has 0 aliphatic rings. The van der Waals surface area contributed by atoms with Crippen LogP contribution in [-0.4, -0.2) is 32.7 Å². The summed E-state index contributed by atoms with van der Waals surface area (Å²) in [6.07, 6.45) is 1.57. The molecule has 0 fully saturated rings. The molecule has 0 aliphatic heterocycles. The van der Waals surface area contributed by atoms with E-state index in [0.717, 1.165) is 0 Å². The lowest BCUT2D eigenvalue weighted by molar-refractivity contribution is 0.0954. The molecule has 2 heterocycles. The van der Waals surface area contributed by atoms with Crippen molar-refractivity contribution in [3.63, 3.8) is 0 Å². The number of carbonyl (C=O) groups excluding carboxylic acids is 1. The van der Waals surface area contributed by atoms with E-state index in [9.17, 15) is 4.79 Å². The number of nitrogen functional groups attached to an aromatic ring is 1. The van der Waals surface area contributed by atoms with Gasteiger partial charge in [0.05, 0.1) is 6.54 Å². The molecule has 2 aromatic heterocycles. The molecular formula is C9H13N7OS. The van der Waals surface area contributed by atoms with Crippen molar-refractivity contribution in [2.75, 3.05) is 18.1 Å². The van der Waals surface area contributed by atoms with Crippen molar-refractivity contribution >= 4 is 28.2 Å². The molecule has 96 valence electrons. The molecule has 0 saturated carbocycles. The van der Waals surface area contributed by atoms with Gasteiger partial charge in [-0.2, -0.15) is 0 Å². The van der Waals surface area contributed by atoms with E-state index in [0.29, 0.717) is 22.4 Å². The van der Waals surface area contributed by atoms with Crippen LogP contribution in [0.15, 0.2) is 6.33 Å². The number of nitrogens with zero attached hydrogens (tertiary/aromatic N) is 4. The number of thiazole rings is 1. The molecular weight excluding hydrogens is 254 g/mol. The monoisotopic (exact) mass is 267 g/mol. The molecule has 0 unspecified atom stereocenters. The Morgan fingerprint density at radius 2 is 2.39 bits per heavy atom. The Balaban J connectivity index is 2.03. The summed E-state index contributed by atoms with van der Waals surface area (Å²) in [5.74, 6) is 0.620. The van der Waals surface area contributed by atoms with Crippen LogP contribution in [0.5, 0.6) is 0 Å². The second-order valence-electron chi connectivity index (χ2n) is 3.52. The zero-order valence-corrected chi connectivity index (χ0v) is 10.8. The predicted molar refractivity (Wildman–Crippen MR) is 68.2 cm³/mol. The zero-order chi connectivity index (χ0) is 13.1. The Kier molecular flexibility index (Phi) is 3.42. The zero-order valence-electron chi connectivity index (χ0n) is 9.97. The van der Waals surface area contributed by atoms with E-state index in [2.05, 4.69) is 25.8 Å². The smallest absolute Gasteiger partial charge is 0.265 e. The van der Waals surface area contributed by atoms with Gasteiger partial charge in [0.1, 0.15) is 17.0 Å². The Morgan fingerprint density at radius 1 is 1.61 bits per heavy atom. The molecule has 0 spiro atoms. The van der Waals surface area contributed by atoms with Crippen molar-refractivity contribution in [2.24, 2.45) is 7.05 Å². The Bertz CT molecular complexity index is 561. The first kappa shape index (κ1) is 12.3. The number of hydrogen-bond donors (Lipinski definition) is 3. The molecule has 2 aromatic rings. The van der Waals surface area contributed by atoms with Gasteiger partial charge < -0.3 is 20.9 Å². The highest BCUT2D eigenvalue weighted by atomic mass is 32.1. The maximum Gasteiger partial charge on any atom is 0.265 e. The number of nitrogens with two attached hydrogens (primary N) is 1. The minimum Gasteiger partial charge on any atom is -0.382 e. The number of nitrogens with one attached hydrogen (secondary N) is 2. The Labute approximate surface area is 107 Å². The van der Waals surface area contributed by atoms with Crippen molar-refractivity contribution in [3.8, 4) is 0 Å². The molecule has 0 atom stereocenters. The maximum absolute atomic E-state index is 11.9. The normalized spacial score (nSPS) is 10.3. The van der Waals surface area contributed by atoms with Crippen LogP contribution < -0.4 is 16.4 Å². The van der Waals surface area contributed by atoms with Gasteiger partial charge in [-0.15, -0.1) is 10.2 Å². The third kappa shape index (κ3) is 2.40. The van der Waals surface area contributed by atoms with Crippen LogP contribution in [0.2, 0.25) is 0 Å². The van der Waals surface area contributed by atoms with Gasteiger partial charge in [0.15, 0.2) is 11.0 Å². The molecule has 0 bridgehead atoms. The third-order valence-electron chi connectivity index (χ3n) is 2.29. The fraction of sp³-hybridized carbons (Fsp3) is 0.333. The van der Waals surface area contributed by atoms with Gasteiger partial charge in [-0.3, -0.25) is 4.79 Å². The van der Waals surface area contributed by atoms with Crippen LogP contribution in [-0.2, 0) is 13.6 Å². The first-order chi connectivity index (χ1) is 8.61. The fourth-order valence-corrected chi connectivity index (χ4v) is 2.06. The van der Waals surface area contributed by atoms with E-state index in [1.807, 2.05) is 7.05 Å². The molecule has 18 heavy (non-hydrogen) atoms. The van der Waals surface area contributed by atoms with E-state index in [-0.39, 0.29) is 11.7 Å². The number of amides is 1. The fourth-order valence-electron chi connectivity index (χ4n) is 1.31. The summed E-state index contributed by atoms with van der Waals surface area (Å²) in [5.41, 5.74) is 5.66. The van der Waals surface area contributed by atoms with Crippen molar-refractivity contribution in [2.45, 2.75) is 6.54 Å². The number of carbonyl (C=O) groups is 1. The van der Waals surface area contributed by atoms with Gasteiger partial charge in [-0.05, 0) is 0 Å². The average molecular weight is 267 g/mol. The molecule has 9 heteroatoms. The number of rotatable bonds is 4. The summed E-state index contributed by atoms with van der Waals surface area (Å²) >= 11 is 1.21. The van der Waals surface area contributed by atoms with Gasteiger partial charge in [-0.1, -0.05) is 11.3 Å². The molecule has 0 aromatic carbocycles. The highest BCUT2D eigenvalue weighted by molar-refractivity contribution is 7.18. The minimum absolute atomic E-state index is 0.222. The summed E-state index contributed by atoms with van der Waals surface area (Å²) in [7, 11) is 3.53. The molecule has 4 N–H and O–H groups in total. The summed E-state index contributed by atoms with van der Waals surface area (Å²) in [4.78, 5) is 16.3. The molecule has 0 radical (unpaired) electrons. The van der Waals surface area contributed by atoms with Crippen LogP contribution in [0.4, 0.5) is 10.9 Å². The number of hydrogen-bond acceptors (Lipinski definition) is 7. The summed E-state index contributed by atoms with van der Waals surface area (Å²) in [6.45, 7) is 0.293. The minimum atomic E-state index is -0.269. The van der Waals surface area contributed by atoms with Crippen LogP contribution in [0.3, 0.4) is 0 Å². The first-order valence-corrected chi connectivity index (χ1v) is 5.98. The van der Waals surface area contributed by atoms with Crippen molar-refractivity contribution in [1.82, 2.24) is 25.1 Å². The second kappa shape index (κ2) is 5.00. The SMILES string of the molecule is CNc1nc(N)c(C(=O)NCc2nncn2C)s1. The van der Waals surface area contributed by atoms with E-state index in [1.54, 1.807) is 17.9 Å².